The highest BCUT2D eigenvalue weighted by Crippen LogP contribution is 2.37. The van der Waals surface area contributed by atoms with Gasteiger partial charge in [0, 0.05) is 45.3 Å². The second-order valence-electron chi connectivity index (χ2n) is 11.3. The third-order valence-corrected chi connectivity index (χ3v) is 7.78. The van der Waals surface area contributed by atoms with Gasteiger partial charge in [0.2, 0.25) is 5.95 Å². The Balaban J connectivity index is 0.000000291. The molecule has 5 aromatic rings. The number of nitrogens with one attached hydrogen (secondary N) is 2. The molecule has 2 aromatic carbocycles. The van der Waals surface area contributed by atoms with Gasteiger partial charge in [-0.1, -0.05) is 41.5 Å². The maximum atomic E-state index is 8.12. The highest BCUT2D eigenvalue weighted by atomic mass is 16.5. The number of ether oxygens (including phenoxy) is 2. The van der Waals surface area contributed by atoms with Gasteiger partial charge in [-0.2, -0.15) is 24.2 Å². The van der Waals surface area contributed by atoms with E-state index in [-0.39, 0.29) is 24.1 Å². The Bertz CT molecular complexity index is 1870. The molecule has 0 bridgehead atoms. The number of hydrogen-bond donors (Lipinski definition) is 4. The number of aryl methyl sites for hydroxylation is 4. The summed E-state index contributed by atoms with van der Waals surface area (Å²) >= 11 is 0. The Morgan fingerprint density at radius 3 is 1.55 bits per heavy atom. The quantitative estimate of drug-likeness (QED) is 0.144. The maximum absolute atomic E-state index is 8.12. The molecule has 0 saturated heterocycles. The van der Waals surface area contributed by atoms with Crippen LogP contribution in [0.3, 0.4) is 0 Å². The van der Waals surface area contributed by atoms with Crippen molar-refractivity contribution in [2.45, 2.75) is 80.1 Å². The van der Waals surface area contributed by atoms with Gasteiger partial charge in [-0.05, 0) is 72.9 Å². The highest BCUT2D eigenvalue weighted by molar-refractivity contribution is 5.88. The van der Waals surface area contributed by atoms with Crippen LogP contribution in [0, 0.1) is 13.8 Å². The molecule has 0 aliphatic carbocycles. The maximum Gasteiger partial charge on any atom is 0.373 e. The van der Waals surface area contributed by atoms with E-state index in [4.69, 9.17) is 40.1 Å². The molecule has 12 heteroatoms. The van der Waals surface area contributed by atoms with Crippen LogP contribution in [-0.2, 0) is 32.0 Å². The number of anilines is 2. The SMILES string of the molecule is CCc1[nH]c2cc(OC)c(C(C)C)cc2c1C.CCc1[nH]c2cc(Oc3cnc(N)nc3N)c(C(C)C)cc2c1C.O=C=O.O=C=O. The minimum absolute atomic E-state index is 0.131. The normalized spacial score (nSPS) is 10.3. The number of rotatable bonds is 7. The fraction of sp³-hybridized carbons (Fsp3) is 0.371. The number of carbonyl (C=O) groups excluding carboxylic acids is 4. The Morgan fingerprint density at radius 1 is 0.745 bits per heavy atom. The molecule has 47 heavy (non-hydrogen) atoms. The number of H-pyrrole nitrogens is 2. The number of benzene rings is 2. The average molecular weight is 645 g/mol. The minimum Gasteiger partial charge on any atom is -0.496 e. The number of methoxy groups -OCH3 is 1. The molecule has 12 nitrogen and oxygen atoms in total. The lowest BCUT2D eigenvalue weighted by atomic mass is 9.99. The van der Waals surface area contributed by atoms with Crippen LogP contribution in [0.25, 0.3) is 21.8 Å². The van der Waals surface area contributed by atoms with E-state index in [1.54, 1.807) is 7.11 Å². The van der Waals surface area contributed by atoms with E-state index in [1.807, 2.05) is 6.07 Å². The van der Waals surface area contributed by atoms with Crippen molar-refractivity contribution >= 4 is 45.9 Å². The third kappa shape index (κ3) is 9.07. The largest absolute Gasteiger partial charge is 0.496 e. The molecule has 250 valence electrons. The van der Waals surface area contributed by atoms with Crippen molar-refractivity contribution in [2.24, 2.45) is 0 Å². The smallest absolute Gasteiger partial charge is 0.373 e. The Hall–Kier alpha value is -5.44. The van der Waals surface area contributed by atoms with Gasteiger partial charge < -0.3 is 30.9 Å². The molecule has 0 aliphatic heterocycles. The summed E-state index contributed by atoms with van der Waals surface area (Å²) in [7, 11) is 1.74. The minimum atomic E-state index is 0.131. The van der Waals surface area contributed by atoms with E-state index in [2.05, 4.69) is 93.5 Å². The van der Waals surface area contributed by atoms with Crippen molar-refractivity contribution in [1.29, 1.82) is 0 Å². The number of nitrogens with two attached hydrogens (primary N) is 2. The second kappa shape index (κ2) is 17.3. The van der Waals surface area contributed by atoms with E-state index in [0.717, 1.165) is 35.4 Å². The summed E-state index contributed by atoms with van der Waals surface area (Å²) in [5, 5.41) is 2.55. The first-order valence-electron chi connectivity index (χ1n) is 15.2. The van der Waals surface area contributed by atoms with Crippen molar-refractivity contribution in [1.82, 2.24) is 19.9 Å². The second-order valence-corrected chi connectivity index (χ2v) is 11.3. The van der Waals surface area contributed by atoms with Crippen molar-refractivity contribution in [3.8, 4) is 17.2 Å². The Kier molecular flexibility index (Phi) is 13.9. The molecule has 0 spiro atoms. The Morgan fingerprint density at radius 2 is 1.17 bits per heavy atom. The summed E-state index contributed by atoms with van der Waals surface area (Å²) in [6, 6.07) is 8.60. The van der Waals surface area contributed by atoms with Crippen LogP contribution in [0.1, 0.15) is 87.0 Å². The molecule has 0 atom stereocenters. The first kappa shape index (κ1) is 37.7. The molecule has 5 rings (SSSR count). The van der Waals surface area contributed by atoms with E-state index < -0.39 is 0 Å². The monoisotopic (exact) mass is 644 g/mol. The van der Waals surface area contributed by atoms with Gasteiger partial charge in [0.1, 0.15) is 11.5 Å². The number of hydrogen-bond acceptors (Lipinski definition) is 10. The molecule has 0 fully saturated rings. The van der Waals surface area contributed by atoms with E-state index in [1.165, 1.54) is 50.6 Å². The molecule has 0 unspecified atom stereocenters. The lowest BCUT2D eigenvalue weighted by molar-refractivity contribution is -0.193. The molecular formula is C35H44N6O6. The summed E-state index contributed by atoms with van der Waals surface area (Å²) in [4.78, 5) is 47.3. The van der Waals surface area contributed by atoms with Crippen LogP contribution in [0.15, 0.2) is 30.5 Å². The van der Waals surface area contributed by atoms with Gasteiger partial charge in [-0.25, -0.2) is 4.98 Å². The zero-order valence-electron chi connectivity index (χ0n) is 28.5. The number of nitrogens with zero attached hydrogens (tertiary/aromatic N) is 2. The van der Waals surface area contributed by atoms with E-state index >= 15 is 0 Å². The van der Waals surface area contributed by atoms with Crippen LogP contribution in [-0.4, -0.2) is 39.3 Å². The summed E-state index contributed by atoms with van der Waals surface area (Å²) in [6.45, 7) is 17.3. The average Bonchev–Trinajstić information content (AvgIpc) is 3.52. The molecule has 3 heterocycles. The first-order valence-corrected chi connectivity index (χ1v) is 15.2. The molecule has 0 amide bonds. The van der Waals surface area contributed by atoms with Crippen LogP contribution in [0.2, 0.25) is 0 Å². The number of fused-ring (bicyclic) bond motifs is 2. The molecule has 0 saturated carbocycles. The molecule has 6 N–H and O–H groups in total. The summed E-state index contributed by atoms with van der Waals surface area (Å²) in [5.74, 6) is 3.29. The highest BCUT2D eigenvalue weighted by Gasteiger charge is 2.17. The van der Waals surface area contributed by atoms with Crippen LogP contribution >= 0.6 is 0 Å². The zero-order chi connectivity index (χ0) is 35.4. The third-order valence-electron chi connectivity index (χ3n) is 7.78. The fourth-order valence-corrected chi connectivity index (χ4v) is 5.33. The molecule has 0 radical (unpaired) electrons. The van der Waals surface area contributed by atoms with Gasteiger partial charge in [-0.15, -0.1) is 0 Å². The van der Waals surface area contributed by atoms with Gasteiger partial charge >= 0.3 is 12.3 Å². The van der Waals surface area contributed by atoms with Crippen molar-refractivity contribution in [3.63, 3.8) is 0 Å². The lowest BCUT2D eigenvalue weighted by Gasteiger charge is -2.15. The summed E-state index contributed by atoms with van der Waals surface area (Å²) in [6.07, 6.45) is 4.01. The number of aromatic nitrogens is 4. The van der Waals surface area contributed by atoms with Gasteiger partial charge in [-0.3, -0.25) is 0 Å². The van der Waals surface area contributed by atoms with Gasteiger partial charge in [0.05, 0.1) is 13.3 Å². The van der Waals surface area contributed by atoms with Gasteiger partial charge in [0.15, 0.2) is 11.6 Å². The molecule has 0 aliphatic rings. The van der Waals surface area contributed by atoms with Crippen LogP contribution in [0.4, 0.5) is 11.8 Å². The summed E-state index contributed by atoms with van der Waals surface area (Å²) in [5.41, 5.74) is 21.3. The zero-order valence-corrected chi connectivity index (χ0v) is 28.5. The Labute approximate surface area is 274 Å². The lowest BCUT2D eigenvalue weighted by Crippen LogP contribution is -2.02. The van der Waals surface area contributed by atoms with Crippen LogP contribution < -0.4 is 20.9 Å². The predicted octanol–water partition coefficient (Wildman–Crippen LogP) is 6.91. The van der Waals surface area contributed by atoms with Crippen molar-refractivity contribution in [2.75, 3.05) is 18.6 Å². The number of nitrogen functional groups attached to an aromatic ring is 2. The topological polar surface area (TPSA) is 196 Å². The van der Waals surface area contributed by atoms with Crippen molar-refractivity contribution < 1.29 is 28.7 Å². The van der Waals surface area contributed by atoms with Crippen LogP contribution in [0.5, 0.6) is 17.2 Å². The van der Waals surface area contributed by atoms with E-state index in [9.17, 15) is 0 Å². The van der Waals surface area contributed by atoms with E-state index in [0.29, 0.717) is 17.6 Å². The summed E-state index contributed by atoms with van der Waals surface area (Å²) < 4.78 is 11.5. The fourth-order valence-electron chi connectivity index (χ4n) is 5.33. The molecular weight excluding hydrogens is 600 g/mol. The standard InChI is InChI=1S/C18H23N5O.C15H21NO.2CO2/c1-5-13-10(4)12-6-11(9(2)3)15(7-14(12)22-13)24-16-8-21-18(20)23-17(16)19;1-6-13-10(4)12-7-11(9(2)3)15(17-5)8-14(12)16-13;2*2-1-3/h6-9,22H,5H2,1-4H3,(H4,19,20,21,23);7-9,16H,6H2,1-5H3;;. The van der Waals surface area contributed by atoms with Gasteiger partial charge in [0.25, 0.3) is 0 Å². The first-order chi connectivity index (χ1) is 22.3. The predicted molar refractivity (Wildman–Crippen MR) is 181 cm³/mol. The van der Waals surface area contributed by atoms with Crippen molar-refractivity contribution in [3.05, 3.63) is 64.1 Å². The molecule has 3 aromatic heterocycles. The number of aromatic amines is 2.